The molecule has 1 saturated heterocycles. The number of pyridine rings is 1. The lowest BCUT2D eigenvalue weighted by molar-refractivity contribution is -0.140. The van der Waals surface area contributed by atoms with Crippen LogP contribution in [0.2, 0.25) is 5.02 Å². The van der Waals surface area contributed by atoms with Crippen molar-refractivity contribution in [1.82, 2.24) is 20.1 Å². The molecule has 2 N–H and O–H groups in total. The highest BCUT2D eigenvalue weighted by Crippen LogP contribution is 2.34. The van der Waals surface area contributed by atoms with Gasteiger partial charge in [0.15, 0.2) is 0 Å². The first-order valence-electron chi connectivity index (χ1n) is 8.10. The number of rotatable bonds is 4. The predicted octanol–water partition coefficient (Wildman–Crippen LogP) is 4.28. The molecule has 0 amide bonds. The third kappa shape index (κ3) is 3.51. The van der Waals surface area contributed by atoms with Gasteiger partial charge < -0.3 is 10.6 Å². The van der Waals surface area contributed by atoms with Crippen LogP contribution >= 0.6 is 27.5 Å². The van der Waals surface area contributed by atoms with Crippen molar-refractivity contribution in [3.63, 3.8) is 0 Å². The minimum atomic E-state index is -4.53. The summed E-state index contributed by atoms with van der Waals surface area (Å²) in [6.45, 7) is 1.71. The highest BCUT2D eigenvalue weighted by Gasteiger charge is 2.40. The molecular weight excluding hydrogens is 447 g/mol. The first-order valence-corrected chi connectivity index (χ1v) is 9.27. The quantitative estimate of drug-likeness (QED) is 0.610. The van der Waals surface area contributed by atoms with Gasteiger partial charge in [-0.25, -0.2) is 4.98 Å². The Morgan fingerprint density at radius 1 is 1.30 bits per heavy atom. The number of alkyl halides is 3. The summed E-state index contributed by atoms with van der Waals surface area (Å²) in [7, 11) is 0. The van der Waals surface area contributed by atoms with E-state index in [0.29, 0.717) is 35.7 Å². The van der Waals surface area contributed by atoms with Crippen LogP contribution in [-0.2, 0) is 11.7 Å². The minimum absolute atomic E-state index is 0.236. The van der Waals surface area contributed by atoms with E-state index in [1.807, 2.05) is 10.9 Å². The van der Waals surface area contributed by atoms with E-state index in [-0.39, 0.29) is 11.1 Å². The Morgan fingerprint density at radius 2 is 2.07 bits per heavy atom. The van der Waals surface area contributed by atoms with E-state index in [2.05, 4.69) is 36.6 Å². The molecule has 3 heterocycles. The average molecular weight is 461 g/mol. The van der Waals surface area contributed by atoms with Crippen LogP contribution in [0.25, 0.3) is 10.9 Å². The average Bonchev–Trinajstić information content (AvgIpc) is 2.99. The number of benzene rings is 1. The highest BCUT2D eigenvalue weighted by molar-refractivity contribution is 9.10. The molecular formula is C17H14BrClF3N5. The van der Waals surface area contributed by atoms with Gasteiger partial charge in [0.05, 0.1) is 16.2 Å². The number of hydrogen-bond donors (Lipinski definition) is 2. The summed E-state index contributed by atoms with van der Waals surface area (Å²) >= 11 is 9.41. The largest absolute Gasteiger partial charge is 0.433 e. The van der Waals surface area contributed by atoms with Crippen LogP contribution in [-0.4, -0.2) is 34.4 Å². The second kappa shape index (κ2) is 6.65. The zero-order valence-corrected chi connectivity index (χ0v) is 16.2. The fourth-order valence-corrected chi connectivity index (χ4v) is 3.55. The van der Waals surface area contributed by atoms with Gasteiger partial charge in [0.25, 0.3) is 0 Å². The summed E-state index contributed by atoms with van der Waals surface area (Å²) in [6, 6.07) is 5.66. The Labute approximate surface area is 166 Å². The van der Waals surface area contributed by atoms with E-state index >= 15 is 0 Å². The maximum Gasteiger partial charge on any atom is 0.433 e. The molecule has 27 heavy (non-hydrogen) atoms. The fraction of sp³-hybridized carbons (Fsp3) is 0.294. The van der Waals surface area contributed by atoms with Crippen molar-refractivity contribution in [2.24, 2.45) is 0 Å². The number of hydrogen-bond acceptors (Lipinski definition) is 4. The summed E-state index contributed by atoms with van der Waals surface area (Å²) in [5.74, 6) is 0. The van der Waals surface area contributed by atoms with Gasteiger partial charge >= 0.3 is 6.18 Å². The molecule has 0 unspecified atom stereocenters. The SMILES string of the molecule is FC(F)(F)c1cc(NCC2(n3cc(Br)cn3)CNC2)c2cc(Cl)ccc2n1. The van der Waals surface area contributed by atoms with Crippen molar-refractivity contribution < 1.29 is 13.2 Å². The third-order valence-corrected chi connectivity index (χ3v) is 5.26. The van der Waals surface area contributed by atoms with Crippen molar-refractivity contribution in [3.05, 3.63) is 51.8 Å². The Hall–Kier alpha value is -1.84. The smallest absolute Gasteiger partial charge is 0.382 e. The van der Waals surface area contributed by atoms with Crippen LogP contribution in [0.1, 0.15) is 5.69 Å². The first kappa shape index (κ1) is 18.5. The molecule has 10 heteroatoms. The number of nitrogens with zero attached hydrogens (tertiary/aromatic N) is 3. The molecule has 0 saturated carbocycles. The van der Waals surface area contributed by atoms with E-state index in [1.165, 1.54) is 12.1 Å². The molecule has 4 rings (SSSR count). The molecule has 0 radical (unpaired) electrons. The number of nitrogens with one attached hydrogen (secondary N) is 2. The van der Waals surface area contributed by atoms with Crippen LogP contribution in [0.5, 0.6) is 0 Å². The molecule has 1 fully saturated rings. The maximum absolute atomic E-state index is 13.2. The summed E-state index contributed by atoms with van der Waals surface area (Å²) < 4.78 is 42.4. The number of aromatic nitrogens is 3. The molecule has 0 aliphatic carbocycles. The van der Waals surface area contributed by atoms with Gasteiger partial charge in [0.2, 0.25) is 0 Å². The van der Waals surface area contributed by atoms with Crippen molar-refractivity contribution >= 4 is 44.1 Å². The van der Waals surface area contributed by atoms with Crippen LogP contribution < -0.4 is 10.6 Å². The maximum atomic E-state index is 13.2. The molecule has 3 aromatic rings. The van der Waals surface area contributed by atoms with Crippen LogP contribution in [0, 0.1) is 0 Å². The summed E-state index contributed by atoms with van der Waals surface area (Å²) in [6.07, 6.45) is -0.999. The molecule has 1 aliphatic rings. The van der Waals surface area contributed by atoms with Crippen molar-refractivity contribution in [3.8, 4) is 0 Å². The summed E-state index contributed by atoms with van der Waals surface area (Å²) in [5.41, 5.74) is -0.729. The normalized spacial score (nSPS) is 16.3. The molecule has 0 atom stereocenters. The molecule has 0 spiro atoms. The van der Waals surface area contributed by atoms with Crippen molar-refractivity contribution in [1.29, 1.82) is 0 Å². The summed E-state index contributed by atoms with van der Waals surface area (Å²) in [5, 5.41) is 11.7. The second-order valence-electron chi connectivity index (χ2n) is 6.50. The minimum Gasteiger partial charge on any atom is -0.382 e. The Bertz CT molecular complexity index is 1000. The number of halogens is 5. The standard InChI is InChI=1S/C17H14BrClF3N5/c18-10-5-25-27(6-10)16(7-23-8-16)9-24-14-4-15(17(20,21)22)26-13-2-1-11(19)3-12(13)14/h1-6,23H,7-9H2,(H,24,26). The van der Waals surface area contributed by atoms with Gasteiger partial charge in [-0.2, -0.15) is 18.3 Å². The predicted molar refractivity (Wildman–Crippen MR) is 101 cm³/mol. The highest BCUT2D eigenvalue weighted by atomic mass is 79.9. The van der Waals surface area contributed by atoms with Crippen molar-refractivity contribution in [2.45, 2.75) is 11.7 Å². The molecule has 2 aromatic heterocycles. The van der Waals surface area contributed by atoms with E-state index in [4.69, 9.17) is 11.6 Å². The van der Waals surface area contributed by atoms with Gasteiger partial charge in [-0.3, -0.25) is 4.68 Å². The molecule has 0 bridgehead atoms. The fourth-order valence-electron chi connectivity index (χ4n) is 3.09. The van der Waals surface area contributed by atoms with Crippen LogP contribution in [0.15, 0.2) is 41.1 Å². The molecule has 1 aliphatic heterocycles. The number of anilines is 1. The zero-order valence-electron chi connectivity index (χ0n) is 13.8. The van der Waals surface area contributed by atoms with Crippen LogP contribution in [0.3, 0.4) is 0 Å². The van der Waals surface area contributed by atoms with E-state index in [9.17, 15) is 13.2 Å². The third-order valence-electron chi connectivity index (χ3n) is 4.61. The number of fused-ring (bicyclic) bond motifs is 1. The van der Waals surface area contributed by atoms with Crippen LogP contribution in [0.4, 0.5) is 18.9 Å². The van der Waals surface area contributed by atoms with E-state index < -0.39 is 11.9 Å². The lowest BCUT2D eigenvalue weighted by atomic mass is 9.92. The Kier molecular flexibility index (Phi) is 4.56. The summed E-state index contributed by atoms with van der Waals surface area (Å²) in [4.78, 5) is 3.73. The monoisotopic (exact) mass is 459 g/mol. The van der Waals surface area contributed by atoms with E-state index in [1.54, 1.807) is 12.3 Å². The second-order valence-corrected chi connectivity index (χ2v) is 7.85. The van der Waals surface area contributed by atoms with E-state index in [0.717, 1.165) is 10.5 Å². The molecule has 1 aromatic carbocycles. The van der Waals surface area contributed by atoms with Gasteiger partial charge in [0, 0.05) is 41.9 Å². The molecule has 142 valence electrons. The van der Waals surface area contributed by atoms with Gasteiger partial charge in [-0.1, -0.05) is 11.6 Å². The Balaban J connectivity index is 1.71. The van der Waals surface area contributed by atoms with Crippen molar-refractivity contribution in [2.75, 3.05) is 25.0 Å². The van der Waals surface area contributed by atoms with Gasteiger partial charge in [0.1, 0.15) is 11.2 Å². The lowest BCUT2D eigenvalue weighted by Gasteiger charge is -2.43. The lowest BCUT2D eigenvalue weighted by Crippen LogP contribution is -2.64. The Morgan fingerprint density at radius 3 is 2.67 bits per heavy atom. The first-order chi connectivity index (χ1) is 12.8. The molecule has 5 nitrogen and oxygen atoms in total. The van der Waals surface area contributed by atoms with Gasteiger partial charge in [-0.05, 0) is 40.2 Å². The topological polar surface area (TPSA) is 54.8 Å². The zero-order chi connectivity index (χ0) is 19.2. The van der Waals surface area contributed by atoms with Gasteiger partial charge in [-0.15, -0.1) is 0 Å².